The Kier molecular flexibility index (Phi) is 7.86. The van der Waals surface area contributed by atoms with Crippen LogP contribution < -0.4 is 10.1 Å². The van der Waals surface area contributed by atoms with Gasteiger partial charge in [-0.15, -0.1) is 0 Å². The smallest absolute Gasteiger partial charge is 0.417 e. The van der Waals surface area contributed by atoms with Crippen LogP contribution in [0.3, 0.4) is 0 Å². The Morgan fingerprint density at radius 1 is 1.00 bits per heavy atom. The molecule has 11 heteroatoms. The van der Waals surface area contributed by atoms with Crippen LogP contribution in [0.5, 0.6) is 5.75 Å². The van der Waals surface area contributed by atoms with Crippen LogP contribution in [-0.4, -0.2) is 39.7 Å². The molecule has 4 aromatic rings. The Hall–Kier alpha value is -4.41. The lowest BCUT2D eigenvalue weighted by molar-refractivity contribution is -0.145. The largest absolute Gasteiger partial charge is 0.482 e. The second-order valence-electron chi connectivity index (χ2n) is 10.2. The minimum absolute atomic E-state index is 0.0720. The van der Waals surface area contributed by atoms with Gasteiger partial charge in [0.1, 0.15) is 5.75 Å². The lowest BCUT2D eigenvalue weighted by atomic mass is 9.95. The first-order valence-electron chi connectivity index (χ1n) is 12.5. The van der Waals surface area contributed by atoms with Crippen molar-refractivity contribution in [1.29, 1.82) is 0 Å². The lowest BCUT2D eigenvalue weighted by Crippen LogP contribution is -2.27. The van der Waals surface area contributed by atoms with Crippen LogP contribution >= 0.6 is 0 Å². The first-order valence-corrected chi connectivity index (χ1v) is 12.5. The van der Waals surface area contributed by atoms with E-state index < -0.39 is 29.7 Å². The molecule has 0 aliphatic carbocycles. The number of carbonyl (C=O) groups is 2. The predicted molar refractivity (Wildman–Crippen MR) is 144 cm³/mol. The quantitative estimate of drug-likeness (QED) is 0.269. The number of anilines is 1. The molecule has 0 bridgehead atoms. The van der Waals surface area contributed by atoms with Crippen molar-refractivity contribution in [2.75, 3.05) is 18.5 Å². The Balaban J connectivity index is 1.67. The van der Waals surface area contributed by atoms with Gasteiger partial charge in [-0.05, 0) is 55.8 Å². The van der Waals surface area contributed by atoms with Gasteiger partial charge in [-0.25, -0.2) is 14.3 Å². The van der Waals surface area contributed by atoms with Gasteiger partial charge in [0.25, 0.3) is 0 Å². The van der Waals surface area contributed by atoms with Crippen molar-refractivity contribution < 1.29 is 32.2 Å². The second kappa shape index (κ2) is 11.0. The van der Waals surface area contributed by atoms with E-state index in [0.29, 0.717) is 22.6 Å². The molecule has 2 aromatic heterocycles. The fraction of sp³-hybridized carbons (Fsp3) is 0.310. The van der Waals surface area contributed by atoms with E-state index in [9.17, 15) is 22.8 Å². The van der Waals surface area contributed by atoms with Crippen LogP contribution in [0.25, 0.3) is 28.2 Å². The van der Waals surface area contributed by atoms with Crippen LogP contribution in [0.4, 0.5) is 18.9 Å². The number of nitrogens with zero attached hydrogens (tertiary/aromatic N) is 3. The highest BCUT2D eigenvalue weighted by atomic mass is 19.4. The molecular formula is C29H29F3N4O4. The van der Waals surface area contributed by atoms with Crippen molar-refractivity contribution in [3.63, 3.8) is 0 Å². The van der Waals surface area contributed by atoms with Crippen LogP contribution in [0, 0.1) is 12.3 Å². The molecule has 0 spiro atoms. The van der Waals surface area contributed by atoms with Crippen molar-refractivity contribution >= 4 is 23.2 Å². The van der Waals surface area contributed by atoms with Crippen molar-refractivity contribution in [1.82, 2.24) is 14.6 Å². The number of benzene rings is 2. The monoisotopic (exact) mass is 554 g/mol. The number of carbonyl (C=O) groups excluding carboxylic acids is 2. The van der Waals surface area contributed by atoms with E-state index in [2.05, 4.69) is 15.4 Å². The maximum Gasteiger partial charge on any atom is 0.417 e. The van der Waals surface area contributed by atoms with Crippen LogP contribution in [0.2, 0.25) is 0 Å². The standard InChI is InChI=1S/C29H29F3N4O4/c1-6-39-26(37)16-40-19-9-10-20(21(14-19)29(30,31)32)22-11-12-25-33-24(15-36(25)35-22)18-8-7-17(2)23(13-18)34-27(38)28(3,4)5/h7-15H,6,16H2,1-5H3,(H,34,38). The number of fused-ring (bicyclic) bond motifs is 1. The van der Waals surface area contributed by atoms with Gasteiger partial charge in [0.15, 0.2) is 12.3 Å². The first kappa shape index (κ1) is 28.6. The molecule has 210 valence electrons. The van der Waals surface area contributed by atoms with Gasteiger partial charge in [-0.2, -0.15) is 18.3 Å². The maximum atomic E-state index is 14.0. The van der Waals surface area contributed by atoms with E-state index >= 15 is 0 Å². The van der Waals surface area contributed by atoms with Gasteiger partial charge in [-0.1, -0.05) is 32.9 Å². The summed E-state index contributed by atoms with van der Waals surface area (Å²) in [5.74, 6) is -0.934. The van der Waals surface area contributed by atoms with Gasteiger partial charge in [0.05, 0.1) is 29.8 Å². The molecule has 0 fully saturated rings. The molecule has 1 amide bonds. The van der Waals surface area contributed by atoms with E-state index in [1.54, 1.807) is 25.3 Å². The summed E-state index contributed by atoms with van der Waals surface area (Å²) >= 11 is 0. The van der Waals surface area contributed by atoms with Gasteiger partial charge < -0.3 is 14.8 Å². The zero-order valence-electron chi connectivity index (χ0n) is 22.7. The Bertz CT molecular complexity index is 1570. The molecule has 40 heavy (non-hydrogen) atoms. The highest BCUT2D eigenvalue weighted by Gasteiger charge is 2.35. The Morgan fingerprint density at radius 2 is 1.75 bits per heavy atom. The molecule has 0 aliphatic heterocycles. The van der Waals surface area contributed by atoms with E-state index in [4.69, 9.17) is 9.47 Å². The highest BCUT2D eigenvalue weighted by Crippen LogP contribution is 2.39. The molecule has 0 saturated carbocycles. The number of rotatable bonds is 7. The van der Waals surface area contributed by atoms with Gasteiger partial charge in [0, 0.05) is 22.2 Å². The molecule has 0 radical (unpaired) electrons. The fourth-order valence-corrected chi connectivity index (χ4v) is 3.81. The third-order valence-electron chi connectivity index (χ3n) is 6.02. The fourth-order valence-electron chi connectivity index (χ4n) is 3.81. The topological polar surface area (TPSA) is 94.8 Å². The number of imidazole rings is 1. The molecule has 1 N–H and O–H groups in total. The van der Waals surface area contributed by atoms with Gasteiger partial charge in [0.2, 0.25) is 5.91 Å². The maximum absolute atomic E-state index is 14.0. The third kappa shape index (κ3) is 6.41. The molecule has 8 nitrogen and oxygen atoms in total. The number of hydrogen-bond acceptors (Lipinski definition) is 6. The SMILES string of the molecule is CCOC(=O)COc1ccc(-c2ccc3nc(-c4ccc(C)c(NC(=O)C(C)(C)C)c4)cn3n2)c(C(F)(F)F)c1. The van der Waals surface area contributed by atoms with Crippen molar-refractivity contribution in [3.8, 4) is 28.3 Å². The molecule has 0 atom stereocenters. The van der Waals surface area contributed by atoms with E-state index in [1.165, 1.54) is 22.7 Å². The summed E-state index contributed by atoms with van der Waals surface area (Å²) in [6.07, 6.45) is -3.09. The normalized spacial score (nSPS) is 11.9. The van der Waals surface area contributed by atoms with Crippen molar-refractivity contribution in [2.45, 2.75) is 40.8 Å². The average Bonchev–Trinajstić information content (AvgIpc) is 3.31. The molecule has 0 unspecified atom stereocenters. The lowest BCUT2D eigenvalue weighted by Gasteiger charge is -2.19. The minimum atomic E-state index is -4.70. The molecule has 2 aromatic carbocycles. The number of hydrogen-bond donors (Lipinski definition) is 1. The summed E-state index contributed by atoms with van der Waals surface area (Å²) in [5, 5.41) is 7.32. The molecule has 4 rings (SSSR count). The number of esters is 1. The highest BCUT2D eigenvalue weighted by molar-refractivity contribution is 5.95. The molecular weight excluding hydrogens is 525 g/mol. The number of halogens is 3. The Morgan fingerprint density at radius 3 is 2.42 bits per heavy atom. The summed E-state index contributed by atoms with van der Waals surface area (Å²) in [6.45, 7) is 8.59. The van der Waals surface area contributed by atoms with Crippen LogP contribution in [0.1, 0.15) is 38.8 Å². The van der Waals surface area contributed by atoms with E-state index in [0.717, 1.165) is 11.6 Å². The molecule has 2 heterocycles. The number of nitrogens with one attached hydrogen (secondary N) is 1. The number of amides is 1. The van der Waals surface area contributed by atoms with Gasteiger partial charge in [-0.3, -0.25) is 4.79 Å². The predicted octanol–water partition coefficient (Wildman–Crippen LogP) is 6.32. The average molecular weight is 555 g/mol. The number of aryl methyl sites for hydroxylation is 1. The third-order valence-corrected chi connectivity index (χ3v) is 6.02. The summed E-state index contributed by atoms with van der Waals surface area (Å²) in [6, 6.07) is 12.0. The van der Waals surface area contributed by atoms with Crippen LogP contribution in [0.15, 0.2) is 54.7 Å². The molecule has 0 saturated heterocycles. The van der Waals surface area contributed by atoms with E-state index in [1.807, 2.05) is 39.8 Å². The van der Waals surface area contributed by atoms with Crippen LogP contribution in [-0.2, 0) is 20.5 Å². The van der Waals surface area contributed by atoms with E-state index in [-0.39, 0.29) is 29.5 Å². The number of ether oxygens (including phenoxy) is 2. The minimum Gasteiger partial charge on any atom is -0.482 e. The molecule has 0 aliphatic rings. The summed E-state index contributed by atoms with van der Waals surface area (Å²) in [4.78, 5) is 28.6. The summed E-state index contributed by atoms with van der Waals surface area (Å²) in [5.41, 5.74) is 1.57. The zero-order valence-corrected chi connectivity index (χ0v) is 22.7. The van der Waals surface area contributed by atoms with Crippen molar-refractivity contribution in [3.05, 3.63) is 65.9 Å². The second-order valence-corrected chi connectivity index (χ2v) is 10.2. The summed E-state index contributed by atoms with van der Waals surface area (Å²) < 4.78 is 53.3. The first-order chi connectivity index (χ1) is 18.8. The van der Waals surface area contributed by atoms with Gasteiger partial charge >= 0.3 is 12.1 Å². The zero-order chi connectivity index (χ0) is 29.2. The van der Waals surface area contributed by atoms with Crippen molar-refractivity contribution in [2.24, 2.45) is 5.41 Å². The Labute approximate surface area is 229 Å². The summed E-state index contributed by atoms with van der Waals surface area (Å²) in [7, 11) is 0. The number of aromatic nitrogens is 3. The number of alkyl halides is 3.